The van der Waals surface area contributed by atoms with Gasteiger partial charge in [-0.2, -0.15) is 8.78 Å². The zero-order valence-electron chi connectivity index (χ0n) is 15.1. The van der Waals surface area contributed by atoms with Crippen molar-refractivity contribution in [1.29, 1.82) is 0 Å². The summed E-state index contributed by atoms with van der Waals surface area (Å²) in [7, 11) is -3.53. The normalized spacial score (nSPS) is 12.7. The van der Waals surface area contributed by atoms with Crippen LogP contribution in [-0.2, 0) is 19.4 Å². The van der Waals surface area contributed by atoms with Gasteiger partial charge in [0.05, 0.1) is 15.6 Å². The lowest BCUT2D eigenvalue weighted by Crippen LogP contribution is -2.43. The first kappa shape index (κ1) is 22.9. The number of carbonyl (C=O) groups is 2. The number of hydrogen-bond donors (Lipinski definition) is 3. The molecule has 1 amide bonds. The van der Waals surface area contributed by atoms with E-state index < -0.39 is 33.4 Å². The van der Waals surface area contributed by atoms with Crippen molar-refractivity contribution in [2.75, 3.05) is 6.26 Å². The van der Waals surface area contributed by atoms with Gasteiger partial charge in [-0.05, 0) is 24.3 Å². The molecule has 1 aromatic heterocycles. The summed E-state index contributed by atoms with van der Waals surface area (Å²) in [4.78, 5) is 30.0. The highest BCUT2D eigenvalue weighted by atomic mass is 35.5. The first-order chi connectivity index (χ1) is 14.0. The molecule has 30 heavy (non-hydrogen) atoms. The number of hydrazine groups is 1. The van der Waals surface area contributed by atoms with Gasteiger partial charge in [-0.25, -0.2) is 18.2 Å². The van der Waals surface area contributed by atoms with E-state index in [2.05, 4.69) is 15.4 Å². The minimum Gasteiger partial charge on any atom is -0.476 e. The van der Waals surface area contributed by atoms with E-state index in [0.717, 1.165) is 12.5 Å². The lowest BCUT2D eigenvalue weighted by molar-refractivity contribution is -0.135. The Morgan fingerprint density at radius 1 is 1.10 bits per heavy atom. The summed E-state index contributed by atoms with van der Waals surface area (Å²) in [6.45, 7) is 0. The molecule has 0 spiro atoms. The number of aliphatic imine (C=N–C) groups is 1. The van der Waals surface area contributed by atoms with E-state index in [-0.39, 0.29) is 27.1 Å². The second-order valence-corrected chi connectivity index (χ2v) is 8.00. The molecule has 0 aliphatic rings. The summed E-state index contributed by atoms with van der Waals surface area (Å²) in [5.41, 5.74) is 4.15. The molecule has 0 radical (unpaired) electrons. The van der Waals surface area contributed by atoms with Gasteiger partial charge in [-0.15, -0.1) is 0 Å². The average Bonchev–Trinajstić information content (AvgIpc) is 2.70. The van der Waals surface area contributed by atoms with Crippen molar-refractivity contribution >= 4 is 44.8 Å². The van der Waals surface area contributed by atoms with Crippen LogP contribution in [0.1, 0.15) is 5.69 Å². The quantitative estimate of drug-likeness (QED) is 0.270. The molecule has 1 aromatic carbocycles. The summed E-state index contributed by atoms with van der Waals surface area (Å²) in [5.74, 6) is -8.66. The van der Waals surface area contributed by atoms with Gasteiger partial charge in [0.25, 0.3) is 0 Å². The predicted molar refractivity (Wildman–Crippen MR) is 103 cm³/mol. The predicted octanol–water partition coefficient (Wildman–Crippen LogP) is 2.07. The number of amidine groups is 1. The van der Waals surface area contributed by atoms with E-state index >= 15 is 0 Å². The molecule has 13 heteroatoms. The van der Waals surface area contributed by atoms with Crippen molar-refractivity contribution in [2.45, 2.75) is 4.90 Å². The summed E-state index contributed by atoms with van der Waals surface area (Å²) < 4.78 is 49.7. The molecule has 0 bridgehead atoms. The van der Waals surface area contributed by atoms with E-state index in [4.69, 9.17) is 16.7 Å². The van der Waals surface area contributed by atoms with Gasteiger partial charge < -0.3 is 5.11 Å². The maximum absolute atomic E-state index is 13.5. The van der Waals surface area contributed by atoms with Crippen LogP contribution in [0.15, 0.2) is 64.1 Å². The van der Waals surface area contributed by atoms with Gasteiger partial charge in [0.1, 0.15) is 5.69 Å². The Morgan fingerprint density at radius 3 is 2.30 bits per heavy atom. The van der Waals surface area contributed by atoms with Crippen molar-refractivity contribution in [1.82, 2.24) is 15.8 Å². The highest BCUT2D eigenvalue weighted by Crippen LogP contribution is 2.24. The summed E-state index contributed by atoms with van der Waals surface area (Å²) in [6.07, 6.45) is 2.01. The summed E-state index contributed by atoms with van der Waals surface area (Å²) in [5, 5.41) is 8.61. The molecule has 0 unspecified atom stereocenters. The number of amides is 1. The third-order valence-corrected chi connectivity index (χ3v) is 4.78. The number of sulfone groups is 1. The minimum atomic E-state index is -3.53. The molecular weight excluding hydrogens is 446 g/mol. The van der Waals surface area contributed by atoms with Crippen molar-refractivity contribution in [3.05, 3.63) is 65.0 Å². The Labute approximate surface area is 174 Å². The molecule has 0 saturated heterocycles. The largest absolute Gasteiger partial charge is 0.476 e. The molecule has 2 aromatic rings. The van der Waals surface area contributed by atoms with Crippen LogP contribution in [0.5, 0.6) is 0 Å². The lowest BCUT2D eigenvalue weighted by Gasteiger charge is -2.11. The number of nitrogens with one attached hydrogen (secondary N) is 2. The fraction of sp³-hybridized carbons (Fsp3) is 0.0588. The molecule has 2 rings (SSSR count). The number of aliphatic carboxylic acids is 1. The van der Waals surface area contributed by atoms with Crippen molar-refractivity contribution in [3.8, 4) is 0 Å². The number of aromatic nitrogens is 1. The van der Waals surface area contributed by atoms with Crippen molar-refractivity contribution in [2.24, 2.45) is 4.99 Å². The highest BCUT2D eigenvalue weighted by molar-refractivity contribution is 7.90. The van der Waals surface area contributed by atoms with Gasteiger partial charge in [0, 0.05) is 12.5 Å². The molecule has 158 valence electrons. The van der Waals surface area contributed by atoms with Crippen molar-refractivity contribution in [3.63, 3.8) is 0 Å². The number of halogens is 3. The maximum atomic E-state index is 13.5. The molecule has 0 fully saturated rings. The fourth-order valence-corrected chi connectivity index (χ4v) is 2.65. The monoisotopic (exact) mass is 458 g/mol. The number of benzene rings is 1. The van der Waals surface area contributed by atoms with Gasteiger partial charge in [0.15, 0.2) is 15.7 Å². The van der Waals surface area contributed by atoms with Crippen LogP contribution in [-0.4, -0.2) is 42.5 Å². The molecule has 0 atom stereocenters. The second kappa shape index (κ2) is 9.41. The number of para-hydroxylation sites is 1. The van der Waals surface area contributed by atoms with Crippen LogP contribution >= 0.6 is 11.6 Å². The number of hydrogen-bond acceptors (Lipinski definition) is 6. The Kier molecular flexibility index (Phi) is 7.19. The minimum absolute atomic E-state index is 0.00529. The molecule has 3 N–H and O–H groups in total. The van der Waals surface area contributed by atoms with Crippen LogP contribution in [0.4, 0.5) is 14.5 Å². The molecule has 9 nitrogen and oxygen atoms in total. The molecular formula is C17H13ClF2N4O5S. The number of carboxylic acid groups (broad SMARTS) is 1. The van der Waals surface area contributed by atoms with Gasteiger partial charge in [-0.3, -0.25) is 20.6 Å². The molecule has 1 heterocycles. The SMILES string of the molecule is CS(=O)(=O)c1ccc(/C(=N/c2ccccc2Cl)NNC(=O)/C(F)=C(/F)C(=O)O)nc1. The molecule has 0 aliphatic carbocycles. The fourth-order valence-electron chi connectivity index (χ4n) is 1.92. The smallest absolute Gasteiger partial charge is 0.368 e. The first-order valence-electron chi connectivity index (χ1n) is 7.85. The Hall–Kier alpha value is -3.38. The van der Waals surface area contributed by atoms with E-state index in [1.807, 2.05) is 0 Å². The van der Waals surface area contributed by atoms with Crippen molar-refractivity contribution < 1.29 is 31.9 Å². The Morgan fingerprint density at radius 2 is 1.77 bits per heavy atom. The van der Waals surface area contributed by atoms with E-state index in [9.17, 15) is 26.8 Å². The number of carboxylic acids is 1. The van der Waals surface area contributed by atoms with Gasteiger partial charge in [-0.1, -0.05) is 23.7 Å². The topological polar surface area (TPSA) is 138 Å². The first-order valence-corrected chi connectivity index (χ1v) is 10.1. The zero-order valence-corrected chi connectivity index (χ0v) is 16.6. The number of carbonyl (C=O) groups excluding carboxylic acids is 1. The standard InChI is InChI=1S/C17H13ClF2N4O5S/c1-30(28,29)9-6-7-12(21-8-9)15(22-11-5-3-2-4-10(11)18)23-24-16(25)13(19)14(20)17(26)27/h2-8H,1H3,(H,22,23)(H,24,25)(H,26,27)/b14-13-. The van der Waals surface area contributed by atoms with Gasteiger partial charge in [0.2, 0.25) is 11.7 Å². The third-order valence-electron chi connectivity index (χ3n) is 3.37. The van der Waals surface area contributed by atoms with Crippen LogP contribution in [0.3, 0.4) is 0 Å². The number of pyridine rings is 1. The second-order valence-electron chi connectivity index (χ2n) is 5.58. The Balaban J connectivity index is 2.40. The molecule has 0 aliphatic heterocycles. The molecule has 0 saturated carbocycles. The number of nitrogens with zero attached hydrogens (tertiary/aromatic N) is 2. The van der Waals surface area contributed by atoms with Crippen LogP contribution in [0.2, 0.25) is 5.02 Å². The zero-order chi connectivity index (χ0) is 22.5. The van der Waals surface area contributed by atoms with E-state index in [0.29, 0.717) is 0 Å². The number of rotatable bonds is 5. The highest BCUT2D eigenvalue weighted by Gasteiger charge is 2.21. The lowest BCUT2D eigenvalue weighted by atomic mass is 10.3. The Bertz CT molecular complexity index is 1150. The van der Waals surface area contributed by atoms with Gasteiger partial charge >= 0.3 is 11.9 Å². The average molecular weight is 459 g/mol. The van der Waals surface area contributed by atoms with E-state index in [1.54, 1.807) is 17.6 Å². The third kappa shape index (κ3) is 5.81. The summed E-state index contributed by atoms with van der Waals surface area (Å²) in [6, 6.07) is 8.71. The summed E-state index contributed by atoms with van der Waals surface area (Å²) >= 11 is 6.03. The maximum Gasteiger partial charge on any atom is 0.368 e. The van der Waals surface area contributed by atoms with Crippen LogP contribution in [0.25, 0.3) is 0 Å². The van der Waals surface area contributed by atoms with Crippen LogP contribution in [0, 0.1) is 0 Å². The van der Waals surface area contributed by atoms with Crippen LogP contribution < -0.4 is 10.9 Å². The van der Waals surface area contributed by atoms with E-state index in [1.165, 1.54) is 24.3 Å².